The molecular formula is C18H18F3NO3. The summed E-state index contributed by atoms with van der Waals surface area (Å²) >= 11 is 0. The number of ether oxygens (including phenoxy) is 2. The lowest BCUT2D eigenvalue weighted by atomic mass is 10.1. The Kier molecular flexibility index (Phi) is 6.41. The van der Waals surface area contributed by atoms with Crippen LogP contribution in [0.1, 0.15) is 11.1 Å². The quantitative estimate of drug-likeness (QED) is 0.777. The molecule has 0 aromatic heterocycles. The lowest BCUT2D eigenvalue weighted by Crippen LogP contribution is -2.36. The number of nitrogens with two attached hydrogens (primary N) is 1. The summed E-state index contributed by atoms with van der Waals surface area (Å²) in [7, 11) is 0. The molecule has 0 radical (unpaired) electrons. The van der Waals surface area contributed by atoms with Gasteiger partial charge in [-0.3, -0.25) is 4.79 Å². The summed E-state index contributed by atoms with van der Waals surface area (Å²) in [5, 5.41) is 0. The van der Waals surface area contributed by atoms with Gasteiger partial charge in [0.2, 0.25) is 0 Å². The number of rotatable bonds is 7. The van der Waals surface area contributed by atoms with E-state index in [0.29, 0.717) is 17.9 Å². The second kappa shape index (κ2) is 8.53. The van der Waals surface area contributed by atoms with Gasteiger partial charge in [0.1, 0.15) is 18.4 Å². The van der Waals surface area contributed by atoms with Crippen LogP contribution in [0.3, 0.4) is 0 Å². The first kappa shape index (κ1) is 18.8. The number of carbonyl (C=O) groups excluding carboxylic acids is 1. The topological polar surface area (TPSA) is 61.5 Å². The fourth-order valence-corrected chi connectivity index (χ4v) is 2.06. The molecule has 0 amide bonds. The molecule has 2 N–H and O–H groups in total. The minimum Gasteiger partial charge on any atom is -0.489 e. The maximum Gasteiger partial charge on any atom is 0.422 e. The van der Waals surface area contributed by atoms with Crippen LogP contribution in [0.25, 0.3) is 0 Å². The van der Waals surface area contributed by atoms with Crippen LogP contribution >= 0.6 is 0 Å². The number of hydrogen-bond acceptors (Lipinski definition) is 4. The highest BCUT2D eigenvalue weighted by Crippen LogP contribution is 2.17. The summed E-state index contributed by atoms with van der Waals surface area (Å²) in [6.07, 6.45) is -4.48. The van der Waals surface area contributed by atoms with Crippen molar-refractivity contribution in [1.29, 1.82) is 0 Å². The second-order valence-electron chi connectivity index (χ2n) is 5.45. The molecule has 0 fully saturated rings. The van der Waals surface area contributed by atoms with Gasteiger partial charge >= 0.3 is 12.1 Å². The molecule has 0 saturated carbocycles. The minimum absolute atomic E-state index is 0.0790. The Balaban J connectivity index is 1.82. The second-order valence-corrected chi connectivity index (χ2v) is 5.45. The summed E-state index contributed by atoms with van der Waals surface area (Å²) in [6.45, 7) is -1.21. The van der Waals surface area contributed by atoms with Crippen molar-refractivity contribution in [3.05, 3.63) is 65.7 Å². The molecule has 0 bridgehead atoms. The van der Waals surface area contributed by atoms with Crippen molar-refractivity contribution in [3.8, 4) is 5.75 Å². The van der Waals surface area contributed by atoms with Gasteiger partial charge in [-0.05, 0) is 29.7 Å². The normalized spacial score (nSPS) is 12.5. The number of benzene rings is 2. The highest BCUT2D eigenvalue weighted by molar-refractivity contribution is 5.75. The molecule has 1 atom stereocenters. The van der Waals surface area contributed by atoms with E-state index in [0.717, 1.165) is 5.56 Å². The van der Waals surface area contributed by atoms with Gasteiger partial charge in [0, 0.05) is 0 Å². The zero-order valence-corrected chi connectivity index (χ0v) is 13.3. The number of carbonyl (C=O) groups is 1. The van der Waals surface area contributed by atoms with Crippen LogP contribution in [0.4, 0.5) is 13.2 Å². The number of hydrogen-bond donors (Lipinski definition) is 1. The third-order valence-corrected chi connectivity index (χ3v) is 3.31. The summed E-state index contributed by atoms with van der Waals surface area (Å²) in [4.78, 5) is 11.4. The van der Waals surface area contributed by atoms with Crippen LogP contribution in [-0.2, 0) is 22.6 Å². The molecule has 25 heavy (non-hydrogen) atoms. The van der Waals surface area contributed by atoms with E-state index in [2.05, 4.69) is 4.74 Å². The van der Waals surface area contributed by atoms with Gasteiger partial charge in [-0.15, -0.1) is 0 Å². The van der Waals surface area contributed by atoms with Crippen molar-refractivity contribution in [2.75, 3.05) is 6.61 Å². The minimum atomic E-state index is -4.56. The summed E-state index contributed by atoms with van der Waals surface area (Å²) in [5.41, 5.74) is 7.30. The molecule has 134 valence electrons. The maximum absolute atomic E-state index is 12.0. The van der Waals surface area contributed by atoms with Crippen molar-refractivity contribution < 1.29 is 27.4 Å². The Morgan fingerprint density at radius 1 is 1.00 bits per heavy atom. The third kappa shape index (κ3) is 6.84. The Bertz CT molecular complexity index is 672. The molecule has 2 aromatic rings. The molecule has 0 aliphatic rings. The van der Waals surface area contributed by atoms with Gasteiger partial charge in [0.25, 0.3) is 0 Å². The molecule has 7 heteroatoms. The third-order valence-electron chi connectivity index (χ3n) is 3.31. The van der Waals surface area contributed by atoms with Crippen LogP contribution < -0.4 is 10.5 Å². The molecule has 0 spiro atoms. The SMILES string of the molecule is N[C@@H](Cc1ccc(OCc2ccccc2)cc1)C(=O)OCC(F)(F)F. The Labute approximate surface area is 143 Å². The Hall–Kier alpha value is -2.54. The summed E-state index contributed by atoms with van der Waals surface area (Å²) in [5.74, 6) is -0.442. The maximum atomic E-state index is 12.0. The van der Waals surface area contributed by atoms with Crippen molar-refractivity contribution in [2.24, 2.45) is 5.73 Å². The van der Waals surface area contributed by atoms with Gasteiger partial charge in [0.05, 0.1) is 0 Å². The average molecular weight is 353 g/mol. The fraction of sp³-hybridized carbons (Fsp3) is 0.278. The van der Waals surface area contributed by atoms with Crippen molar-refractivity contribution >= 4 is 5.97 Å². The fourth-order valence-electron chi connectivity index (χ4n) is 2.06. The molecule has 0 heterocycles. The lowest BCUT2D eigenvalue weighted by Gasteiger charge is -2.13. The average Bonchev–Trinajstić information content (AvgIpc) is 2.59. The van der Waals surface area contributed by atoms with E-state index in [1.165, 1.54) is 0 Å². The van der Waals surface area contributed by atoms with Gasteiger partial charge in [-0.25, -0.2) is 0 Å². The molecular weight excluding hydrogens is 335 g/mol. The highest BCUT2D eigenvalue weighted by Gasteiger charge is 2.30. The molecule has 4 nitrogen and oxygen atoms in total. The van der Waals surface area contributed by atoms with E-state index in [4.69, 9.17) is 10.5 Å². The van der Waals surface area contributed by atoms with Crippen LogP contribution in [0.5, 0.6) is 5.75 Å². The number of halogens is 3. The summed E-state index contributed by atoms with van der Waals surface area (Å²) in [6, 6.07) is 15.3. The molecule has 0 aliphatic heterocycles. The van der Waals surface area contributed by atoms with E-state index >= 15 is 0 Å². The predicted molar refractivity (Wildman–Crippen MR) is 85.9 cm³/mol. The van der Waals surface area contributed by atoms with Crippen LogP contribution in [-0.4, -0.2) is 24.8 Å². The molecule has 2 aromatic carbocycles. The van der Waals surface area contributed by atoms with Crippen LogP contribution in [0.15, 0.2) is 54.6 Å². The molecule has 0 unspecified atom stereocenters. The zero-order valence-electron chi connectivity index (χ0n) is 13.3. The summed E-state index contributed by atoms with van der Waals surface area (Å²) < 4.78 is 45.8. The molecule has 0 aliphatic carbocycles. The van der Waals surface area contributed by atoms with Crippen molar-refractivity contribution in [1.82, 2.24) is 0 Å². The van der Waals surface area contributed by atoms with Gasteiger partial charge in [-0.2, -0.15) is 13.2 Å². The number of alkyl halides is 3. The van der Waals surface area contributed by atoms with E-state index in [1.54, 1.807) is 24.3 Å². The molecule has 0 saturated heterocycles. The van der Waals surface area contributed by atoms with Crippen LogP contribution in [0.2, 0.25) is 0 Å². The monoisotopic (exact) mass is 353 g/mol. The smallest absolute Gasteiger partial charge is 0.422 e. The standard InChI is InChI=1S/C18H18F3NO3/c19-18(20,21)12-25-17(23)16(22)10-13-6-8-15(9-7-13)24-11-14-4-2-1-3-5-14/h1-9,16H,10-12,22H2/t16-/m0/s1. The van der Waals surface area contributed by atoms with Gasteiger partial charge in [0.15, 0.2) is 6.61 Å². The first-order valence-electron chi connectivity index (χ1n) is 7.58. The lowest BCUT2D eigenvalue weighted by molar-refractivity contribution is -0.187. The first-order chi connectivity index (χ1) is 11.8. The Morgan fingerprint density at radius 3 is 2.24 bits per heavy atom. The van der Waals surface area contributed by atoms with E-state index in [1.807, 2.05) is 30.3 Å². The first-order valence-corrected chi connectivity index (χ1v) is 7.58. The van der Waals surface area contributed by atoms with Crippen molar-refractivity contribution in [3.63, 3.8) is 0 Å². The largest absolute Gasteiger partial charge is 0.489 e. The predicted octanol–water partition coefficient (Wildman–Crippen LogP) is 3.24. The molecule has 2 rings (SSSR count). The number of esters is 1. The van der Waals surface area contributed by atoms with Crippen molar-refractivity contribution in [2.45, 2.75) is 25.2 Å². The van der Waals surface area contributed by atoms with E-state index in [-0.39, 0.29) is 6.42 Å². The Morgan fingerprint density at radius 2 is 1.64 bits per heavy atom. The van der Waals surface area contributed by atoms with E-state index in [9.17, 15) is 18.0 Å². The highest BCUT2D eigenvalue weighted by atomic mass is 19.4. The van der Waals surface area contributed by atoms with Gasteiger partial charge < -0.3 is 15.2 Å². The van der Waals surface area contributed by atoms with Crippen LogP contribution in [0, 0.1) is 0 Å². The van der Waals surface area contributed by atoms with E-state index < -0.39 is 24.8 Å². The zero-order chi connectivity index (χ0) is 18.3. The van der Waals surface area contributed by atoms with Gasteiger partial charge in [-0.1, -0.05) is 42.5 Å².